The van der Waals surface area contributed by atoms with Gasteiger partial charge in [0.05, 0.1) is 13.5 Å². The van der Waals surface area contributed by atoms with E-state index in [0.717, 1.165) is 11.1 Å². The molecular formula is C18H18ClNO4. The van der Waals surface area contributed by atoms with Crippen LogP contribution in [0.1, 0.15) is 11.1 Å². The average molecular weight is 348 g/mol. The van der Waals surface area contributed by atoms with Gasteiger partial charge < -0.3 is 14.8 Å². The molecule has 6 heteroatoms. The summed E-state index contributed by atoms with van der Waals surface area (Å²) >= 11 is 5.81. The average Bonchev–Trinajstić information content (AvgIpc) is 2.60. The van der Waals surface area contributed by atoms with E-state index in [4.69, 9.17) is 16.3 Å². The van der Waals surface area contributed by atoms with Gasteiger partial charge in [-0.05, 0) is 35.4 Å². The van der Waals surface area contributed by atoms with Crippen LogP contribution in [0, 0.1) is 0 Å². The molecule has 2 aromatic rings. The number of nitrogens with one attached hydrogen (secondary N) is 1. The molecule has 0 aliphatic rings. The van der Waals surface area contributed by atoms with Gasteiger partial charge in [0.1, 0.15) is 5.75 Å². The smallest absolute Gasteiger partial charge is 0.309 e. The zero-order valence-electron chi connectivity index (χ0n) is 13.3. The fourth-order valence-electron chi connectivity index (χ4n) is 1.95. The van der Waals surface area contributed by atoms with E-state index < -0.39 is 0 Å². The Labute approximate surface area is 145 Å². The van der Waals surface area contributed by atoms with Crippen LogP contribution in [0.2, 0.25) is 5.02 Å². The topological polar surface area (TPSA) is 64.6 Å². The summed E-state index contributed by atoms with van der Waals surface area (Å²) in [6, 6.07) is 14.2. The molecule has 0 aromatic heterocycles. The van der Waals surface area contributed by atoms with Crippen molar-refractivity contribution in [2.45, 2.75) is 13.0 Å². The molecule has 1 N–H and O–H groups in total. The molecule has 126 valence electrons. The molecule has 0 fully saturated rings. The number of benzene rings is 2. The van der Waals surface area contributed by atoms with Crippen molar-refractivity contribution in [3.63, 3.8) is 0 Å². The molecule has 1 amide bonds. The molecule has 0 bridgehead atoms. The summed E-state index contributed by atoms with van der Waals surface area (Å²) in [5.74, 6) is 0.0408. The highest BCUT2D eigenvalue weighted by molar-refractivity contribution is 6.30. The molecule has 0 aliphatic heterocycles. The second-order valence-corrected chi connectivity index (χ2v) is 5.53. The molecule has 0 spiro atoms. The summed E-state index contributed by atoms with van der Waals surface area (Å²) in [6.45, 7) is 0.335. The molecule has 0 unspecified atom stereocenters. The van der Waals surface area contributed by atoms with E-state index >= 15 is 0 Å². The van der Waals surface area contributed by atoms with Crippen molar-refractivity contribution in [2.24, 2.45) is 0 Å². The van der Waals surface area contributed by atoms with Gasteiger partial charge in [-0.15, -0.1) is 0 Å². The van der Waals surface area contributed by atoms with Crippen molar-refractivity contribution in [3.05, 3.63) is 64.7 Å². The number of amides is 1. The van der Waals surface area contributed by atoms with Gasteiger partial charge in [-0.25, -0.2) is 0 Å². The van der Waals surface area contributed by atoms with E-state index in [-0.39, 0.29) is 24.9 Å². The number of ether oxygens (including phenoxy) is 2. The lowest BCUT2D eigenvalue weighted by Gasteiger charge is -2.08. The van der Waals surface area contributed by atoms with Gasteiger partial charge in [0.25, 0.3) is 5.91 Å². The quantitative estimate of drug-likeness (QED) is 0.782. The van der Waals surface area contributed by atoms with Crippen LogP contribution in [-0.2, 0) is 27.3 Å². The second-order valence-electron chi connectivity index (χ2n) is 5.09. The maximum Gasteiger partial charge on any atom is 0.309 e. The minimum absolute atomic E-state index is 0.0794. The third kappa shape index (κ3) is 5.93. The minimum atomic E-state index is -0.301. The van der Waals surface area contributed by atoms with Gasteiger partial charge in [0.15, 0.2) is 6.61 Å². The van der Waals surface area contributed by atoms with Crippen LogP contribution in [-0.4, -0.2) is 25.6 Å². The summed E-state index contributed by atoms with van der Waals surface area (Å²) in [5, 5.41) is 3.42. The SMILES string of the molecule is COC(=O)Cc1ccc(OCC(=O)NCc2ccc(Cl)cc2)cc1. The highest BCUT2D eigenvalue weighted by Gasteiger charge is 2.05. The van der Waals surface area contributed by atoms with Gasteiger partial charge >= 0.3 is 5.97 Å². The number of rotatable bonds is 7. The third-order valence-corrected chi connectivity index (χ3v) is 3.52. The summed E-state index contributed by atoms with van der Waals surface area (Å²) in [7, 11) is 1.35. The van der Waals surface area contributed by atoms with E-state index in [1.807, 2.05) is 12.1 Å². The van der Waals surface area contributed by atoms with E-state index in [0.29, 0.717) is 17.3 Å². The molecule has 0 saturated carbocycles. The van der Waals surface area contributed by atoms with E-state index in [9.17, 15) is 9.59 Å². The maximum atomic E-state index is 11.8. The van der Waals surface area contributed by atoms with E-state index in [1.54, 1.807) is 36.4 Å². The van der Waals surface area contributed by atoms with Crippen molar-refractivity contribution < 1.29 is 19.1 Å². The molecular weight excluding hydrogens is 330 g/mol. The molecule has 0 atom stereocenters. The Hall–Kier alpha value is -2.53. The van der Waals surface area contributed by atoms with Crippen LogP contribution in [0.3, 0.4) is 0 Å². The first-order chi connectivity index (χ1) is 11.6. The zero-order valence-corrected chi connectivity index (χ0v) is 14.0. The standard InChI is InChI=1S/C18H18ClNO4/c1-23-18(22)10-13-4-8-16(9-5-13)24-12-17(21)20-11-14-2-6-15(19)7-3-14/h2-9H,10-12H2,1H3,(H,20,21). The number of esters is 1. The van der Waals surface area contributed by atoms with E-state index in [1.165, 1.54) is 7.11 Å². The number of methoxy groups -OCH3 is 1. The van der Waals surface area contributed by atoms with Crippen LogP contribution >= 0.6 is 11.6 Å². The lowest BCUT2D eigenvalue weighted by atomic mass is 10.1. The summed E-state index contributed by atoms with van der Waals surface area (Å²) in [4.78, 5) is 23.0. The third-order valence-electron chi connectivity index (χ3n) is 3.27. The number of halogens is 1. The minimum Gasteiger partial charge on any atom is -0.484 e. The highest BCUT2D eigenvalue weighted by atomic mass is 35.5. The Balaban J connectivity index is 1.75. The van der Waals surface area contributed by atoms with Gasteiger partial charge in [-0.3, -0.25) is 9.59 Å². The molecule has 2 aromatic carbocycles. The van der Waals surface area contributed by atoms with Crippen LogP contribution in [0.5, 0.6) is 5.75 Å². The fraction of sp³-hybridized carbons (Fsp3) is 0.222. The van der Waals surface area contributed by atoms with Gasteiger partial charge in [0.2, 0.25) is 0 Å². The number of carbonyl (C=O) groups excluding carboxylic acids is 2. The Morgan fingerprint density at radius 1 is 1.00 bits per heavy atom. The lowest BCUT2D eigenvalue weighted by Crippen LogP contribution is -2.28. The Morgan fingerprint density at radius 3 is 2.25 bits per heavy atom. The Bertz CT molecular complexity index is 683. The summed E-state index contributed by atoms with van der Waals surface area (Å²) < 4.78 is 10.0. The predicted molar refractivity (Wildman–Crippen MR) is 91.0 cm³/mol. The molecule has 0 aliphatic carbocycles. The van der Waals surface area contributed by atoms with Gasteiger partial charge in [-0.1, -0.05) is 35.9 Å². The van der Waals surface area contributed by atoms with Crippen molar-refractivity contribution in [2.75, 3.05) is 13.7 Å². The Kier molecular flexibility index (Phi) is 6.63. The predicted octanol–water partition coefficient (Wildman–Crippen LogP) is 2.75. The molecule has 0 saturated heterocycles. The zero-order chi connectivity index (χ0) is 17.4. The first-order valence-electron chi connectivity index (χ1n) is 7.36. The van der Waals surface area contributed by atoms with Crippen molar-refractivity contribution in [1.82, 2.24) is 5.32 Å². The molecule has 5 nitrogen and oxygen atoms in total. The van der Waals surface area contributed by atoms with Crippen molar-refractivity contribution in [3.8, 4) is 5.75 Å². The van der Waals surface area contributed by atoms with Crippen LogP contribution < -0.4 is 10.1 Å². The summed E-state index contributed by atoms with van der Waals surface area (Å²) in [5.41, 5.74) is 1.78. The van der Waals surface area contributed by atoms with Gasteiger partial charge in [0, 0.05) is 11.6 Å². The molecule has 0 heterocycles. The number of hydrogen-bond donors (Lipinski definition) is 1. The highest BCUT2D eigenvalue weighted by Crippen LogP contribution is 2.13. The first-order valence-corrected chi connectivity index (χ1v) is 7.74. The van der Waals surface area contributed by atoms with Crippen LogP contribution in [0.25, 0.3) is 0 Å². The number of carbonyl (C=O) groups is 2. The molecule has 2 rings (SSSR count). The van der Waals surface area contributed by atoms with Crippen molar-refractivity contribution >= 4 is 23.5 Å². The van der Waals surface area contributed by atoms with Crippen LogP contribution in [0.4, 0.5) is 0 Å². The normalized spacial score (nSPS) is 10.1. The first kappa shape index (κ1) is 17.8. The summed E-state index contributed by atoms with van der Waals surface area (Å²) in [6.07, 6.45) is 0.207. The van der Waals surface area contributed by atoms with Crippen molar-refractivity contribution in [1.29, 1.82) is 0 Å². The van der Waals surface area contributed by atoms with Crippen LogP contribution in [0.15, 0.2) is 48.5 Å². The fourth-order valence-corrected chi connectivity index (χ4v) is 2.07. The maximum absolute atomic E-state index is 11.8. The Morgan fingerprint density at radius 2 is 1.62 bits per heavy atom. The van der Waals surface area contributed by atoms with Gasteiger partial charge in [-0.2, -0.15) is 0 Å². The molecule has 0 radical (unpaired) electrons. The molecule has 24 heavy (non-hydrogen) atoms. The monoisotopic (exact) mass is 347 g/mol. The largest absolute Gasteiger partial charge is 0.484 e. The van der Waals surface area contributed by atoms with E-state index in [2.05, 4.69) is 10.1 Å². The lowest BCUT2D eigenvalue weighted by molar-refractivity contribution is -0.139. The number of hydrogen-bond acceptors (Lipinski definition) is 4. The second kappa shape index (κ2) is 8.93.